The van der Waals surface area contributed by atoms with Gasteiger partial charge in [0.2, 0.25) is 0 Å². The first-order valence-corrected chi connectivity index (χ1v) is 9.58. The number of carbonyl (C=O) groups is 1. The van der Waals surface area contributed by atoms with Crippen LogP contribution in [0.25, 0.3) is 0 Å². The predicted octanol–water partition coefficient (Wildman–Crippen LogP) is 5.23. The molecule has 26 heavy (non-hydrogen) atoms. The highest BCUT2D eigenvalue weighted by Crippen LogP contribution is 2.26. The number of amides is 1. The number of rotatable bonds is 5. The van der Waals surface area contributed by atoms with Gasteiger partial charge in [0.1, 0.15) is 5.75 Å². The van der Waals surface area contributed by atoms with Gasteiger partial charge < -0.3 is 10.1 Å². The molecule has 4 nitrogen and oxygen atoms in total. The average Bonchev–Trinajstić information content (AvgIpc) is 2.56. The van der Waals surface area contributed by atoms with Gasteiger partial charge in [-0.3, -0.25) is 10.1 Å². The van der Waals surface area contributed by atoms with Gasteiger partial charge in [-0.2, -0.15) is 0 Å². The summed E-state index contributed by atoms with van der Waals surface area (Å²) in [5.74, 6) is 0.869. The Hall–Kier alpha value is -1.92. The van der Waals surface area contributed by atoms with Crippen LogP contribution in [0.15, 0.2) is 40.9 Å². The number of carbonyl (C=O) groups excluding carboxylic acids is 1. The lowest BCUT2D eigenvalue weighted by atomic mass is 10.1. The largest absolute Gasteiger partial charge is 0.492 e. The summed E-state index contributed by atoms with van der Waals surface area (Å²) in [6.45, 7) is 8.78. The number of benzene rings is 2. The highest BCUT2D eigenvalue weighted by molar-refractivity contribution is 9.10. The summed E-state index contributed by atoms with van der Waals surface area (Å²) in [5.41, 5.74) is 3.56. The van der Waals surface area contributed by atoms with E-state index in [1.54, 1.807) is 18.2 Å². The third kappa shape index (κ3) is 5.81. The summed E-state index contributed by atoms with van der Waals surface area (Å²) in [5, 5.41) is 6.05. The zero-order valence-corrected chi connectivity index (χ0v) is 17.8. The van der Waals surface area contributed by atoms with E-state index in [-0.39, 0.29) is 11.0 Å². The van der Waals surface area contributed by atoms with E-state index >= 15 is 0 Å². The van der Waals surface area contributed by atoms with E-state index in [2.05, 4.69) is 40.4 Å². The standard InChI is InChI=1S/C20H23BrN2O2S/c1-12(2)11-25-18-8-7-15(10-16(18)21)19(24)23-20(26)22-17-9-13(3)5-6-14(17)4/h5-10,12H,11H2,1-4H3,(H2,22,23,24,26). The normalized spacial score (nSPS) is 10.5. The van der Waals surface area contributed by atoms with Crippen LogP contribution in [0.2, 0.25) is 0 Å². The second-order valence-corrected chi connectivity index (χ2v) is 7.84. The molecule has 0 atom stereocenters. The van der Waals surface area contributed by atoms with E-state index in [4.69, 9.17) is 17.0 Å². The summed E-state index contributed by atoms with van der Waals surface area (Å²) in [6.07, 6.45) is 0. The highest BCUT2D eigenvalue weighted by Gasteiger charge is 2.12. The molecule has 0 aliphatic carbocycles. The SMILES string of the molecule is Cc1ccc(C)c(NC(=S)NC(=O)c2ccc(OCC(C)C)c(Br)c2)c1. The summed E-state index contributed by atoms with van der Waals surface area (Å²) >= 11 is 8.71. The molecule has 0 aliphatic rings. The molecule has 2 aromatic rings. The Balaban J connectivity index is 2.01. The van der Waals surface area contributed by atoms with Crippen molar-refractivity contribution in [2.45, 2.75) is 27.7 Å². The number of halogens is 1. The van der Waals surface area contributed by atoms with E-state index in [9.17, 15) is 4.79 Å². The number of hydrogen-bond donors (Lipinski definition) is 2. The van der Waals surface area contributed by atoms with Gasteiger partial charge in [-0.05, 0) is 83.3 Å². The van der Waals surface area contributed by atoms with Crippen LogP contribution in [0.1, 0.15) is 35.3 Å². The number of anilines is 1. The van der Waals surface area contributed by atoms with Crippen LogP contribution < -0.4 is 15.4 Å². The summed E-state index contributed by atoms with van der Waals surface area (Å²) in [4.78, 5) is 12.4. The number of hydrogen-bond acceptors (Lipinski definition) is 3. The average molecular weight is 435 g/mol. The van der Waals surface area contributed by atoms with Gasteiger partial charge in [0.05, 0.1) is 11.1 Å². The van der Waals surface area contributed by atoms with Crippen molar-refractivity contribution in [1.29, 1.82) is 0 Å². The topological polar surface area (TPSA) is 50.4 Å². The molecule has 0 unspecified atom stereocenters. The number of nitrogens with one attached hydrogen (secondary N) is 2. The van der Waals surface area contributed by atoms with Gasteiger partial charge in [-0.15, -0.1) is 0 Å². The molecule has 0 aromatic heterocycles. The lowest BCUT2D eigenvalue weighted by molar-refractivity contribution is 0.0977. The molecule has 1 amide bonds. The molecule has 0 bridgehead atoms. The van der Waals surface area contributed by atoms with Crippen LogP contribution in [-0.4, -0.2) is 17.6 Å². The number of thiocarbonyl (C=S) groups is 1. The summed E-state index contributed by atoms with van der Waals surface area (Å²) < 4.78 is 6.44. The maximum absolute atomic E-state index is 12.4. The Morgan fingerprint density at radius 2 is 1.92 bits per heavy atom. The third-order valence-electron chi connectivity index (χ3n) is 3.63. The van der Waals surface area contributed by atoms with Crippen molar-refractivity contribution in [3.8, 4) is 5.75 Å². The first kappa shape index (κ1) is 20.4. The van der Waals surface area contributed by atoms with Gasteiger partial charge in [-0.25, -0.2) is 0 Å². The molecule has 0 saturated heterocycles. The van der Waals surface area contributed by atoms with Gasteiger partial charge >= 0.3 is 0 Å². The minimum atomic E-state index is -0.274. The smallest absolute Gasteiger partial charge is 0.257 e. The molecule has 0 radical (unpaired) electrons. The van der Waals surface area contributed by atoms with E-state index in [1.807, 2.05) is 32.0 Å². The monoisotopic (exact) mass is 434 g/mol. The van der Waals surface area contributed by atoms with Crippen molar-refractivity contribution < 1.29 is 9.53 Å². The highest BCUT2D eigenvalue weighted by atomic mass is 79.9. The first-order chi connectivity index (χ1) is 12.3. The lowest BCUT2D eigenvalue weighted by Crippen LogP contribution is -2.34. The molecule has 0 aliphatic heterocycles. The molecular formula is C20H23BrN2O2S. The van der Waals surface area contributed by atoms with E-state index < -0.39 is 0 Å². The first-order valence-electron chi connectivity index (χ1n) is 8.38. The van der Waals surface area contributed by atoms with Crippen molar-refractivity contribution in [2.75, 3.05) is 11.9 Å². The van der Waals surface area contributed by atoms with Crippen LogP contribution >= 0.6 is 28.1 Å². The van der Waals surface area contributed by atoms with Crippen LogP contribution in [0.3, 0.4) is 0 Å². The number of ether oxygens (including phenoxy) is 1. The Kier molecular flexibility index (Phi) is 7.17. The fourth-order valence-electron chi connectivity index (χ4n) is 2.21. The van der Waals surface area contributed by atoms with Crippen molar-refractivity contribution in [1.82, 2.24) is 5.32 Å². The molecule has 2 aromatic carbocycles. The molecule has 0 fully saturated rings. The van der Waals surface area contributed by atoms with Crippen LogP contribution in [0.5, 0.6) is 5.75 Å². The maximum atomic E-state index is 12.4. The van der Waals surface area contributed by atoms with E-state index in [1.165, 1.54) is 0 Å². The van der Waals surface area contributed by atoms with E-state index in [0.717, 1.165) is 21.3 Å². The van der Waals surface area contributed by atoms with Crippen molar-refractivity contribution in [3.05, 3.63) is 57.6 Å². The van der Waals surface area contributed by atoms with Crippen molar-refractivity contribution in [3.63, 3.8) is 0 Å². The van der Waals surface area contributed by atoms with Crippen molar-refractivity contribution in [2.24, 2.45) is 5.92 Å². The molecule has 138 valence electrons. The van der Waals surface area contributed by atoms with Crippen molar-refractivity contribution >= 4 is 44.9 Å². The summed E-state index contributed by atoms with van der Waals surface area (Å²) in [6, 6.07) is 11.3. The minimum absolute atomic E-state index is 0.264. The fourth-order valence-corrected chi connectivity index (χ4v) is 2.91. The van der Waals surface area contributed by atoms with Gasteiger partial charge in [0.15, 0.2) is 5.11 Å². The van der Waals surface area contributed by atoms with Gasteiger partial charge in [0, 0.05) is 11.3 Å². The molecule has 0 saturated carbocycles. The third-order valence-corrected chi connectivity index (χ3v) is 4.46. The predicted molar refractivity (Wildman–Crippen MR) is 114 cm³/mol. The Bertz CT molecular complexity index is 821. The molecule has 0 heterocycles. The summed E-state index contributed by atoms with van der Waals surface area (Å²) in [7, 11) is 0. The Morgan fingerprint density at radius 1 is 1.19 bits per heavy atom. The second-order valence-electron chi connectivity index (χ2n) is 6.58. The van der Waals surface area contributed by atoms with Crippen LogP contribution in [0, 0.1) is 19.8 Å². The Morgan fingerprint density at radius 3 is 2.58 bits per heavy atom. The zero-order valence-electron chi connectivity index (χ0n) is 15.4. The number of aryl methyl sites for hydroxylation is 2. The molecule has 2 N–H and O–H groups in total. The molecule has 6 heteroatoms. The van der Waals surface area contributed by atoms with E-state index in [0.29, 0.717) is 23.8 Å². The quantitative estimate of drug-likeness (QED) is 0.632. The maximum Gasteiger partial charge on any atom is 0.257 e. The lowest BCUT2D eigenvalue weighted by Gasteiger charge is -2.14. The molecule has 2 rings (SSSR count). The Labute approximate surface area is 168 Å². The second kappa shape index (κ2) is 9.14. The van der Waals surface area contributed by atoms with Gasteiger partial charge in [-0.1, -0.05) is 26.0 Å². The minimum Gasteiger partial charge on any atom is -0.492 e. The molecule has 0 spiro atoms. The fraction of sp³-hybridized carbons (Fsp3) is 0.300. The van der Waals surface area contributed by atoms with Crippen LogP contribution in [0.4, 0.5) is 5.69 Å². The molecular weight excluding hydrogens is 412 g/mol. The van der Waals surface area contributed by atoms with Gasteiger partial charge in [0.25, 0.3) is 5.91 Å². The zero-order chi connectivity index (χ0) is 19.3. The van der Waals surface area contributed by atoms with Crippen LogP contribution in [-0.2, 0) is 0 Å².